The molecule has 0 unspecified atom stereocenters. The first kappa shape index (κ1) is 13.5. The highest BCUT2D eigenvalue weighted by Crippen LogP contribution is 2.17. The molecule has 0 saturated heterocycles. The Morgan fingerprint density at radius 2 is 2.18 bits per heavy atom. The van der Waals surface area contributed by atoms with Crippen LogP contribution in [0.1, 0.15) is 43.4 Å². The predicted octanol–water partition coefficient (Wildman–Crippen LogP) is 2.00. The van der Waals surface area contributed by atoms with Crippen LogP contribution in [-0.4, -0.2) is 22.4 Å². The van der Waals surface area contributed by atoms with E-state index >= 15 is 0 Å². The molecule has 0 atom stereocenters. The summed E-state index contributed by atoms with van der Waals surface area (Å²) in [7, 11) is 0. The monoisotopic (exact) mass is 239 g/mol. The Labute approximate surface area is 102 Å². The number of carbonyl (C=O) groups is 1. The SMILES string of the molecule is CCn1nc(C)c(N)c1C(=O)OCCC(C)C. The average molecular weight is 239 g/mol. The van der Waals surface area contributed by atoms with E-state index in [0.717, 1.165) is 6.42 Å². The van der Waals surface area contributed by atoms with Gasteiger partial charge in [-0.15, -0.1) is 0 Å². The summed E-state index contributed by atoms with van der Waals surface area (Å²) in [6.45, 7) is 8.89. The minimum Gasteiger partial charge on any atom is -0.461 e. The van der Waals surface area contributed by atoms with E-state index in [1.807, 2.05) is 6.92 Å². The maximum absolute atomic E-state index is 11.9. The number of aryl methyl sites for hydroxylation is 2. The minimum absolute atomic E-state index is 0.369. The van der Waals surface area contributed by atoms with Gasteiger partial charge in [-0.05, 0) is 26.2 Å². The highest BCUT2D eigenvalue weighted by Gasteiger charge is 2.20. The van der Waals surface area contributed by atoms with Gasteiger partial charge in [0.1, 0.15) is 0 Å². The number of hydrogen-bond donors (Lipinski definition) is 1. The fourth-order valence-electron chi connectivity index (χ4n) is 1.50. The summed E-state index contributed by atoms with van der Waals surface area (Å²) in [5, 5.41) is 4.18. The second-order valence-corrected chi connectivity index (χ2v) is 4.48. The minimum atomic E-state index is -0.384. The maximum atomic E-state index is 11.9. The van der Waals surface area contributed by atoms with Crippen molar-refractivity contribution in [2.75, 3.05) is 12.3 Å². The number of nitrogens with two attached hydrogens (primary N) is 1. The molecule has 0 bridgehead atoms. The topological polar surface area (TPSA) is 70.1 Å². The number of nitrogen functional groups attached to an aromatic ring is 1. The lowest BCUT2D eigenvalue weighted by Gasteiger charge is -2.08. The van der Waals surface area contributed by atoms with Crippen molar-refractivity contribution < 1.29 is 9.53 Å². The molecule has 17 heavy (non-hydrogen) atoms. The standard InChI is InChI=1S/C12H21N3O2/c1-5-15-11(10(13)9(4)14-15)12(16)17-7-6-8(2)3/h8H,5-7,13H2,1-4H3. The molecule has 0 aromatic carbocycles. The van der Waals surface area contributed by atoms with Crippen molar-refractivity contribution >= 4 is 11.7 Å². The van der Waals surface area contributed by atoms with Gasteiger partial charge >= 0.3 is 5.97 Å². The van der Waals surface area contributed by atoms with Gasteiger partial charge in [0.25, 0.3) is 0 Å². The third kappa shape index (κ3) is 3.22. The van der Waals surface area contributed by atoms with E-state index in [1.54, 1.807) is 11.6 Å². The fraction of sp³-hybridized carbons (Fsp3) is 0.667. The van der Waals surface area contributed by atoms with E-state index in [1.165, 1.54) is 0 Å². The molecular weight excluding hydrogens is 218 g/mol. The first-order chi connectivity index (χ1) is 7.97. The molecule has 0 amide bonds. The van der Waals surface area contributed by atoms with Crippen LogP contribution in [0.2, 0.25) is 0 Å². The number of hydrogen-bond acceptors (Lipinski definition) is 4. The van der Waals surface area contributed by atoms with Crippen LogP contribution < -0.4 is 5.73 Å². The third-order valence-electron chi connectivity index (χ3n) is 2.59. The summed E-state index contributed by atoms with van der Waals surface area (Å²) in [6.07, 6.45) is 0.852. The number of aromatic nitrogens is 2. The molecule has 0 aliphatic carbocycles. The predicted molar refractivity (Wildman–Crippen MR) is 66.8 cm³/mol. The van der Waals surface area contributed by atoms with Crippen molar-refractivity contribution in [2.24, 2.45) is 5.92 Å². The van der Waals surface area contributed by atoms with Crippen molar-refractivity contribution in [3.8, 4) is 0 Å². The zero-order chi connectivity index (χ0) is 13.0. The number of rotatable bonds is 5. The molecule has 5 nitrogen and oxygen atoms in total. The highest BCUT2D eigenvalue weighted by molar-refractivity contribution is 5.93. The van der Waals surface area contributed by atoms with Crippen molar-refractivity contribution in [3.05, 3.63) is 11.4 Å². The number of ether oxygens (including phenoxy) is 1. The molecule has 0 radical (unpaired) electrons. The number of nitrogens with zero attached hydrogens (tertiary/aromatic N) is 2. The number of carbonyl (C=O) groups excluding carboxylic acids is 1. The summed E-state index contributed by atoms with van der Waals surface area (Å²) in [6, 6.07) is 0. The smallest absolute Gasteiger partial charge is 0.358 e. The molecule has 2 N–H and O–H groups in total. The third-order valence-corrected chi connectivity index (χ3v) is 2.59. The van der Waals surface area contributed by atoms with Crippen molar-refractivity contribution in [3.63, 3.8) is 0 Å². The Kier molecular flexibility index (Phi) is 4.54. The lowest BCUT2D eigenvalue weighted by molar-refractivity contribution is 0.0475. The van der Waals surface area contributed by atoms with E-state index in [2.05, 4.69) is 18.9 Å². The summed E-state index contributed by atoms with van der Waals surface area (Å²) in [5.41, 5.74) is 7.28. The Balaban J connectivity index is 2.74. The molecule has 1 heterocycles. The lowest BCUT2D eigenvalue weighted by Crippen LogP contribution is -2.15. The summed E-state index contributed by atoms with van der Waals surface area (Å²) < 4.78 is 6.78. The molecule has 1 aromatic rings. The van der Waals surface area contributed by atoms with Crippen molar-refractivity contribution in [2.45, 2.75) is 40.7 Å². The first-order valence-electron chi connectivity index (χ1n) is 5.97. The van der Waals surface area contributed by atoms with E-state index in [4.69, 9.17) is 10.5 Å². The lowest BCUT2D eigenvalue weighted by atomic mass is 10.1. The Hall–Kier alpha value is -1.52. The van der Waals surface area contributed by atoms with Crippen LogP contribution in [0, 0.1) is 12.8 Å². The summed E-state index contributed by atoms with van der Waals surface area (Å²) in [4.78, 5) is 11.9. The van der Waals surface area contributed by atoms with E-state index in [9.17, 15) is 4.79 Å². The van der Waals surface area contributed by atoms with Crippen LogP contribution in [0.5, 0.6) is 0 Å². The molecule has 0 aliphatic rings. The van der Waals surface area contributed by atoms with Gasteiger partial charge in [0.05, 0.1) is 18.0 Å². The van der Waals surface area contributed by atoms with E-state index in [-0.39, 0.29) is 5.97 Å². The summed E-state index contributed by atoms with van der Waals surface area (Å²) in [5.74, 6) is 0.128. The second-order valence-electron chi connectivity index (χ2n) is 4.48. The zero-order valence-corrected chi connectivity index (χ0v) is 11.0. The van der Waals surface area contributed by atoms with E-state index < -0.39 is 0 Å². The largest absolute Gasteiger partial charge is 0.461 e. The molecule has 5 heteroatoms. The zero-order valence-electron chi connectivity index (χ0n) is 11.0. The molecular formula is C12H21N3O2. The fourth-order valence-corrected chi connectivity index (χ4v) is 1.50. The van der Waals surface area contributed by atoms with Gasteiger partial charge in [0, 0.05) is 6.54 Å². The molecule has 0 aliphatic heterocycles. The van der Waals surface area contributed by atoms with Gasteiger partial charge in [-0.25, -0.2) is 4.79 Å². The molecule has 1 aromatic heterocycles. The number of anilines is 1. The Morgan fingerprint density at radius 1 is 1.53 bits per heavy atom. The van der Waals surface area contributed by atoms with Gasteiger partial charge < -0.3 is 10.5 Å². The second kappa shape index (κ2) is 5.70. The van der Waals surface area contributed by atoms with E-state index in [0.29, 0.717) is 36.1 Å². The Morgan fingerprint density at radius 3 is 2.71 bits per heavy atom. The molecule has 0 fully saturated rings. The number of esters is 1. The van der Waals surface area contributed by atoms with Crippen LogP contribution in [0.25, 0.3) is 0 Å². The Bertz CT molecular complexity index is 397. The summed E-state index contributed by atoms with van der Waals surface area (Å²) >= 11 is 0. The van der Waals surface area contributed by atoms with Crippen LogP contribution in [0.15, 0.2) is 0 Å². The van der Waals surface area contributed by atoms with Gasteiger partial charge in [0.2, 0.25) is 0 Å². The molecule has 1 rings (SSSR count). The van der Waals surface area contributed by atoms with Crippen molar-refractivity contribution in [1.82, 2.24) is 9.78 Å². The average Bonchev–Trinajstić information content (AvgIpc) is 2.54. The molecule has 0 saturated carbocycles. The quantitative estimate of drug-likeness (QED) is 0.798. The van der Waals surface area contributed by atoms with Crippen LogP contribution >= 0.6 is 0 Å². The normalized spacial score (nSPS) is 10.9. The first-order valence-corrected chi connectivity index (χ1v) is 5.97. The van der Waals surface area contributed by atoms with Gasteiger partial charge in [-0.2, -0.15) is 5.10 Å². The highest BCUT2D eigenvalue weighted by atomic mass is 16.5. The molecule has 0 spiro atoms. The van der Waals surface area contributed by atoms with Crippen molar-refractivity contribution in [1.29, 1.82) is 0 Å². The van der Waals surface area contributed by atoms with Gasteiger partial charge in [-0.3, -0.25) is 4.68 Å². The van der Waals surface area contributed by atoms with Crippen LogP contribution in [-0.2, 0) is 11.3 Å². The molecule has 96 valence electrons. The van der Waals surface area contributed by atoms with Gasteiger partial charge in [-0.1, -0.05) is 13.8 Å². The van der Waals surface area contributed by atoms with Gasteiger partial charge in [0.15, 0.2) is 5.69 Å². The maximum Gasteiger partial charge on any atom is 0.358 e. The van der Waals surface area contributed by atoms with Crippen LogP contribution in [0.3, 0.4) is 0 Å². The van der Waals surface area contributed by atoms with Crippen LogP contribution in [0.4, 0.5) is 5.69 Å².